The largest absolute Gasteiger partial charge is 0.476 e. The van der Waals surface area contributed by atoms with E-state index in [9.17, 15) is 9.59 Å². The molecule has 1 aliphatic carbocycles. The smallest absolute Gasteiger partial charge is 0.355 e. The van der Waals surface area contributed by atoms with Crippen LogP contribution in [0.15, 0.2) is 5.38 Å². The van der Waals surface area contributed by atoms with E-state index in [0.717, 1.165) is 12.8 Å². The Morgan fingerprint density at radius 2 is 2.33 bits per heavy atom. The highest BCUT2D eigenvalue weighted by atomic mass is 32.1. The predicted molar refractivity (Wildman–Crippen MR) is 53.6 cm³/mol. The number of nitrogens with one attached hydrogen (secondary N) is 1. The Labute approximate surface area is 90.1 Å². The third kappa shape index (κ3) is 2.53. The van der Waals surface area contributed by atoms with E-state index in [4.69, 9.17) is 5.11 Å². The molecule has 0 aliphatic heterocycles. The van der Waals surface area contributed by atoms with Crippen LogP contribution in [-0.4, -0.2) is 22.0 Å². The molecule has 1 saturated carbocycles. The summed E-state index contributed by atoms with van der Waals surface area (Å²) in [5.74, 6) is -0.822. The number of thiazole rings is 1. The van der Waals surface area contributed by atoms with E-state index in [-0.39, 0.29) is 17.5 Å². The van der Waals surface area contributed by atoms with Gasteiger partial charge < -0.3 is 10.4 Å². The fraction of sp³-hybridized carbons (Fsp3) is 0.444. The first-order valence-electron chi connectivity index (χ1n) is 4.62. The number of hydrogen-bond donors (Lipinski definition) is 2. The molecule has 0 bridgehead atoms. The Morgan fingerprint density at radius 3 is 2.87 bits per heavy atom. The maximum absolute atomic E-state index is 11.3. The van der Waals surface area contributed by atoms with Gasteiger partial charge in [-0.25, -0.2) is 9.78 Å². The molecule has 0 saturated heterocycles. The van der Waals surface area contributed by atoms with Crippen LogP contribution in [0.4, 0.5) is 0 Å². The molecule has 15 heavy (non-hydrogen) atoms. The van der Waals surface area contributed by atoms with Crippen LogP contribution in [0.1, 0.15) is 28.3 Å². The van der Waals surface area contributed by atoms with E-state index in [0.29, 0.717) is 11.6 Å². The summed E-state index contributed by atoms with van der Waals surface area (Å²) >= 11 is 1.25. The maximum Gasteiger partial charge on any atom is 0.355 e. The summed E-state index contributed by atoms with van der Waals surface area (Å²) in [5, 5.41) is 13.5. The fourth-order valence-corrected chi connectivity index (χ4v) is 1.85. The predicted octanol–water partition coefficient (Wildman–Crippen LogP) is 0.867. The minimum Gasteiger partial charge on any atom is -0.476 e. The molecular weight excluding hydrogens is 216 g/mol. The van der Waals surface area contributed by atoms with Crippen molar-refractivity contribution >= 4 is 23.2 Å². The number of aromatic carboxylic acids is 1. The molecule has 1 fully saturated rings. The molecule has 2 rings (SSSR count). The lowest BCUT2D eigenvalue weighted by molar-refractivity contribution is -0.122. The summed E-state index contributed by atoms with van der Waals surface area (Å²) < 4.78 is 0. The van der Waals surface area contributed by atoms with Gasteiger partial charge in [-0.1, -0.05) is 0 Å². The van der Waals surface area contributed by atoms with Crippen LogP contribution in [0.2, 0.25) is 0 Å². The Morgan fingerprint density at radius 1 is 1.60 bits per heavy atom. The first-order valence-corrected chi connectivity index (χ1v) is 5.50. The molecule has 1 amide bonds. The molecule has 0 unspecified atom stereocenters. The van der Waals surface area contributed by atoms with Gasteiger partial charge in [0.25, 0.3) is 0 Å². The van der Waals surface area contributed by atoms with Gasteiger partial charge >= 0.3 is 5.97 Å². The van der Waals surface area contributed by atoms with E-state index in [1.54, 1.807) is 0 Å². The standard InChI is InChI=1S/C9H10N2O3S/c12-8(5-1-2-5)10-3-7-11-6(4-15-7)9(13)14/h4-5H,1-3H2,(H,10,12)(H,13,14). The lowest BCUT2D eigenvalue weighted by Crippen LogP contribution is -2.24. The van der Waals surface area contributed by atoms with Crippen molar-refractivity contribution in [3.63, 3.8) is 0 Å². The minimum absolute atomic E-state index is 0.0377. The van der Waals surface area contributed by atoms with Crippen LogP contribution in [0.3, 0.4) is 0 Å². The normalized spacial score (nSPS) is 14.9. The quantitative estimate of drug-likeness (QED) is 0.798. The van der Waals surface area contributed by atoms with Crippen LogP contribution in [0.5, 0.6) is 0 Å². The van der Waals surface area contributed by atoms with Gasteiger partial charge in [0.15, 0.2) is 5.69 Å². The summed E-state index contributed by atoms with van der Waals surface area (Å²) in [6.45, 7) is 0.327. The van der Waals surface area contributed by atoms with Crippen molar-refractivity contribution in [3.8, 4) is 0 Å². The van der Waals surface area contributed by atoms with E-state index in [2.05, 4.69) is 10.3 Å². The number of carboxylic acid groups (broad SMARTS) is 1. The van der Waals surface area contributed by atoms with Crippen molar-refractivity contribution in [1.82, 2.24) is 10.3 Å². The molecule has 1 aliphatic rings. The molecule has 80 valence electrons. The van der Waals surface area contributed by atoms with E-state index < -0.39 is 5.97 Å². The molecule has 1 aromatic heterocycles. The van der Waals surface area contributed by atoms with Crippen molar-refractivity contribution < 1.29 is 14.7 Å². The van der Waals surface area contributed by atoms with Gasteiger partial charge in [0.1, 0.15) is 5.01 Å². The summed E-state index contributed by atoms with van der Waals surface area (Å²) in [7, 11) is 0. The zero-order chi connectivity index (χ0) is 10.8. The topological polar surface area (TPSA) is 79.3 Å². The molecule has 2 N–H and O–H groups in total. The Bertz CT molecular complexity index is 398. The molecule has 0 radical (unpaired) electrons. The van der Waals surface area contributed by atoms with Gasteiger partial charge in [0, 0.05) is 11.3 Å². The highest BCUT2D eigenvalue weighted by molar-refractivity contribution is 7.09. The first-order chi connectivity index (χ1) is 7.16. The third-order valence-electron chi connectivity index (χ3n) is 2.13. The summed E-state index contributed by atoms with van der Waals surface area (Å²) in [5.41, 5.74) is 0.0377. The zero-order valence-corrected chi connectivity index (χ0v) is 8.71. The van der Waals surface area contributed by atoms with Crippen LogP contribution in [-0.2, 0) is 11.3 Å². The average molecular weight is 226 g/mol. The Balaban J connectivity index is 1.87. The van der Waals surface area contributed by atoms with Crippen molar-refractivity contribution in [2.45, 2.75) is 19.4 Å². The SMILES string of the molecule is O=C(O)c1csc(CNC(=O)C2CC2)n1. The summed E-state index contributed by atoms with van der Waals surface area (Å²) in [4.78, 5) is 25.7. The highest BCUT2D eigenvalue weighted by Gasteiger charge is 2.29. The monoisotopic (exact) mass is 226 g/mol. The third-order valence-corrected chi connectivity index (χ3v) is 2.98. The molecule has 6 heteroatoms. The van der Waals surface area contributed by atoms with Gasteiger partial charge in [0.05, 0.1) is 6.54 Å². The highest BCUT2D eigenvalue weighted by Crippen LogP contribution is 2.28. The Kier molecular flexibility index (Phi) is 2.68. The van der Waals surface area contributed by atoms with E-state index in [1.807, 2.05) is 0 Å². The van der Waals surface area contributed by atoms with Crippen LogP contribution in [0, 0.1) is 5.92 Å². The number of amides is 1. The lowest BCUT2D eigenvalue weighted by atomic mass is 10.4. The van der Waals surface area contributed by atoms with Gasteiger partial charge in [-0.05, 0) is 12.8 Å². The second-order valence-corrected chi connectivity index (χ2v) is 4.37. The van der Waals surface area contributed by atoms with Crippen molar-refractivity contribution in [2.75, 3.05) is 0 Å². The Hall–Kier alpha value is -1.43. The fourth-order valence-electron chi connectivity index (χ4n) is 1.14. The number of aromatic nitrogens is 1. The van der Waals surface area contributed by atoms with Gasteiger partial charge in [0.2, 0.25) is 5.91 Å². The van der Waals surface area contributed by atoms with Gasteiger partial charge in [-0.15, -0.1) is 11.3 Å². The number of carbonyl (C=O) groups is 2. The number of carboxylic acids is 1. The molecule has 1 heterocycles. The summed E-state index contributed by atoms with van der Waals surface area (Å²) in [6.07, 6.45) is 1.92. The van der Waals surface area contributed by atoms with Crippen LogP contribution >= 0.6 is 11.3 Å². The first kappa shape index (κ1) is 10.1. The summed E-state index contributed by atoms with van der Waals surface area (Å²) in [6, 6.07) is 0. The lowest BCUT2D eigenvalue weighted by Gasteiger charge is -1.99. The van der Waals surface area contributed by atoms with Crippen LogP contribution < -0.4 is 5.32 Å². The number of hydrogen-bond acceptors (Lipinski definition) is 4. The van der Waals surface area contributed by atoms with Crippen molar-refractivity contribution in [3.05, 3.63) is 16.1 Å². The molecular formula is C9H10N2O3S. The second-order valence-electron chi connectivity index (χ2n) is 3.42. The number of rotatable bonds is 4. The number of carbonyl (C=O) groups excluding carboxylic acids is 1. The molecule has 0 aromatic carbocycles. The molecule has 1 aromatic rings. The maximum atomic E-state index is 11.3. The molecule has 0 spiro atoms. The minimum atomic E-state index is -1.04. The van der Waals surface area contributed by atoms with Crippen molar-refractivity contribution in [1.29, 1.82) is 0 Å². The van der Waals surface area contributed by atoms with Crippen LogP contribution in [0.25, 0.3) is 0 Å². The second kappa shape index (κ2) is 3.98. The average Bonchev–Trinajstić information content (AvgIpc) is 2.93. The van der Waals surface area contributed by atoms with E-state index >= 15 is 0 Å². The van der Waals surface area contributed by atoms with Crippen molar-refractivity contribution in [2.24, 2.45) is 5.92 Å². The zero-order valence-electron chi connectivity index (χ0n) is 7.90. The molecule has 0 atom stereocenters. The molecule has 5 nitrogen and oxygen atoms in total. The van der Waals surface area contributed by atoms with E-state index in [1.165, 1.54) is 16.7 Å². The van der Waals surface area contributed by atoms with Gasteiger partial charge in [-0.3, -0.25) is 4.79 Å². The number of nitrogens with zero attached hydrogens (tertiary/aromatic N) is 1. The van der Waals surface area contributed by atoms with Gasteiger partial charge in [-0.2, -0.15) is 0 Å².